The summed E-state index contributed by atoms with van der Waals surface area (Å²) < 4.78 is 31.0. The van der Waals surface area contributed by atoms with Gasteiger partial charge >= 0.3 is 10.4 Å². The lowest BCUT2D eigenvalue weighted by atomic mass is 9.86. The predicted octanol–water partition coefficient (Wildman–Crippen LogP) is -0.106. The standard InChI is InChI=1S/C8H15NO4S/c10-14(11)12-5-8(6-13-14)7-1-3-9-4-2-7/h7-9H,1-6H2. The van der Waals surface area contributed by atoms with Crippen LogP contribution in [0.2, 0.25) is 0 Å². The molecule has 0 amide bonds. The Kier molecular flexibility index (Phi) is 3.06. The van der Waals surface area contributed by atoms with Crippen molar-refractivity contribution in [1.29, 1.82) is 0 Å². The van der Waals surface area contributed by atoms with Gasteiger partial charge in [0.15, 0.2) is 0 Å². The molecule has 14 heavy (non-hydrogen) atoms. The summed E-state index contributed by atoms with van der Waals surface area (Å²) in [5, 5.41) is 3.27. The Morgan fingerprint density at radius 1 is 1.00 bits per heavy atom. The maximum Gasteiger partial charge on any atom is 0.399 e. The van der Waals surface area contributed by atoms with Gasteiger partial charge in [0.25, 0.3) is 0 Å². The number of piperidine rings is 1. The second-order valence-electron chi connectivity index (χ2n) is 3.82. The van der Waals surface area contributed by atoms with Crippen LogP contribution >= 0.6 is 0 Å². The molecule has 1 N–H and O–H groups in total. The highest BCUT2D eigenvalue weighted by atomic mass is 32.3. The molecule has 0 aromatic carbocycles. The molecular formula is C8H15NO4S. The van der Waals surface area contributed by atoms with Crippen LogP contribution in [0.1, 0.15) is 12.8 Å². The smallest absolute Gasteiger partial charge is 0.317 e. The maximum atomic E-state index is 10.8. The molecule has 2 heterocycles. The second kappa shape index (κ2) is 4.14. The average Bonchev–Trinajstić information content (AvgIpc) is 2.19. The minimum Gasteiger partial charge on any atom is -0.317 e. The van der Waals surface area contributed by atoms with Crippen LogP contribution in [0.3, 0.4) is 0 Å². The third-order valence-electron chi connectivity index (χ3n) is 2.90. The van der Waals surface area contributed by atoms with Gasteiger partial charge in [-0.05, 0) is 31.8 Å². The Bertz CT molecular complexity index is 270. The van der Waals surface area contributed by atoms with Crippen molar-refractivity contribution in [1.82, 2.24) is 5.32 Å². The molecule has 0 radical (unpaired) electrons. The fourth-order valence-electron chi connectivity index (χ4n) is 2.01. The average molecular weight is 221 g/mol. The lowest BCUT2D eigenvalue weighted by Gasteiger charge is -2.32. The van der Waals surface area contributed by atoms with Crippen LogP contribution in [0.25, 0.3) is 0 Å². The van der Waals surface area contributed by atoms with E-state index in [2.05, 4.69) is 13.7 Å². The van der Waals surface area contributed by atoms with Crippen molar-refractivity contribution in [2.45, 2.75) is 12.8 Å². The summed E-state index contributed by atoms with van der Waals surface area (Å²) in [6.45, 7) is 2.59. The van der Waals surface area contributed by atoms with E-state index in [1.807, 2.05) is 0 Å². The lowest BCUT2D eigenvalue weighted by molar-refractivity contribution is 0.0598. The molecule has 0 bridgehead atoms. The molecule has 2 rings (SSSR count). The van der Waals surface area contributed by atoms with E-state index in [9.17, 15) is 8.42 Å². The first-order valence-electron chi connectivity index (χ1n) is 4.92. The monoisotopic (exact) mass is 221 g/mol. The van der Waals surface area contributed by atoms with Gasteiger partial charge in [-0.2, -0.15) is 8.42 Å². The van der Waals surface area contributed by atoms with E-state index in [1.165, 1.54) is 0 Å². The highest BCUT2D eigenvalue weighted by molar-refractivity contribution is 7.81. The van der Waals surface area contributed by atoms with Crippen LogP contribution in [-0.2, 0) is 18.8 Å². The molecule has 0 aromatic heterocycles. The Morgan fingerprint density at radius 3 is 2.14 bits per heavy atom. The van der Waals surface area contributed by atoms with Crippen molar-refractivity contribution in [3.8, 4) is 0 Å². The van der Waals surface area contributed by atoms with Crippen LogP contribution in [0, 0.1) is 11.8 Å². The van der Waals surface area contributed by atoms with Gasteiger partial charge in [-0.3, -0.25) is 0 Å². The molecule has 0 unspecified atom stereocenters. The first-order chi connectivity index (χ1) is 6.67. The Labute approximate surface area is 84.1 Å². The van der Waals surface area contributed by atoms with Gasteiger partial charge in [0.2, 0.25) is 0 Å². The van der Waals surface area contributed by atoms with Crippen molar-refractivity contribution in [2.24, 2.45) is 11.8 Å². The fraction of sp³-hybridized carbons (Fsp3) is 1.00. The quantitative estimate of drug-likeness (QED) is 0.669. The number of nitrogens with one attached hydrogen (secondary N) is 1. The van der Waals surface area contributed by atoms with Gasteiger partial charge in [-0.1, -0.05) is 0 Å². The van der Waals surface area contributed by atoms with Crippen LogP contribution in [0.5, 0.6) is 0 Å². The predicted molar refractivity (Wildman–Crippen MR) is 49.9 cm³/mol. The van der Waals surface area contributed by atoms with Gasteiger partial charge in [0.1, 0.15) is 0 Å². The zero-order chi connectivity index (χ0) is 10.0. The van der Waals surface area contributed by atoms with Gasteiger partial charge < -0.3 is 5.32 Å². The molecule has 5 nitrogen and oxygen atoms in total. The Balaban J connectivity index is 1.88. The number of hydrogen-bond acceptors (Lipinski definition) is 5. The lowest BCUT2D eigenvalue weighted by Crippen LogP contribution is -2.38. The van der Waals surface area contributed by atoms with E-state index in [1.54, 1.807) is 0 Å². The van der Waals surface area contributed by atoms with Gasteiger partial charge in [-0.25, -0.2) is 8.37 Å². The van der Waals surface area contributed by atoms with E-state index >= 15 is 0 Å². The molecule has 2 saturated heterocycles. The molecule has 2 aliphatic rings. The largest absolute Gasteiger partial charge is 0.399 e. The van der Waals surface area contributed by atoms with Crippen LogP contribution in [0.15, 0.2) is 0 Å². The number of rotatable bonds is 1. The Hall–Kier alpha value is -0.170. The zero-order valence-electron chi connectivity index (χ0n) is 7.94. The van der Waals surface area contributed by atoms with Gasteiger partial charge in [0.05, 0.1) is 13.2 Å². The van der Waals surface area contributed by atoms with Crippen LogP contribution < -0.4 is 5.32 Å². The van der Waals surface area contributed by atoms with Crippen molar-refractivity contribution in [3.05, 3.63) is 0 Å². The third-order valence-corrected chi connectivity index (χ3v) is 3.75. The first-order valence-corrected chi connectivity index (χ1v) is 6.25. The molecule has 2 aliphatic heterocycles. The summed E-state index contributed by atoms with van der Waals surface area (Å²) >= 11 is 0. The molecule has 0 aliphatic carbocycles. The van der Waals surface area contributed by atoms with Crippen molar-refractivity contribution in [2.75, 3.05) is 26.3 Å². The maximum absolute atomic E-state index is 10.8. The minimum atomic E-state index is -3.67. The topological polar surface area (TPSA) is 64.6 Å². The Morgan fingerprint density at radius 2 is 1.57 bits per heavy atom. The highest BCUT2D eigenvalue weighted by Crippen LogP contribution is 2.26. The van der Waals surface area contributed by atoms with E-state index in [-0.39, 0.29) is 19.1 Å². The molecule has 2 fully saturated rings. The van der Waals surface area contributed by atoms with Crippen LogP contribution in [-0.4, -0.2) is 34.7 Å². The van der Waals surface area contributed by atoms with E-state index in [0.717, 1.165) is 25.9 Å². The minimum absolute atomic E-state index is 0.237. The van der Waals surface area contributed by atoms with Crippen molar-refractivity contribution >= 4 is 10.4 Å². The molecule has 0 atom stereocenters. The first kappa shape index (κ1) is 10.4. The second-order valence-corrected chi connectivity index (χ2v) is 5.11. The van der Waals surface area contributed by atoms with Crippen LogP contribution in [0.4, 0.5) is 0 Å². The zero-order valence-corrected chi connectivity index (χ0v) is 8.76. The normalized spacial score (nSPS) is 30.3. The molecule has 82 valence electrons. The van der Waals surface area contributed by atoms with E-state index in [4.69, 9.17) is 0 Å². The highest BCUT2D eigenvalue weighted by Gasteiger charge is 2.31. The molecule has 0 saturated carbocycles. The SMILES string of the molecule is O=S1(=O)OCC(C2CCNCC2)CO1. The molecule has 0 aromatic rings. The molecule has 0 spiro atoms. The number of hydrogen-bond donors (Lipinski definition) is 1. The summed E-state index contributed by atoms with van der Waals surface area (Å²) in [4.78, 5) is 0. The summed E-state index contributed by atoms with van der Waals surface area (Å²) in [6.07, 6.45) is 2.16. The van der Waals surface area contributed by atoms with E-state index < -0.39 is 10.4 Å². The summed E-state index contributed by atoms with van der Waals surface area (Å²) in [6, 6.07) is 0. The molecule has 6 heteroatoms. The van der Waals surface area contributed by atoms with Crippen molar-refractivity contribution < 1.29 is 16.8 Å². The summed E-state index contributed by atoms with van der Waals surface area (Å²) in [5.74, 6) is 0.771. The van der Waals surface area contributed by atoms with Crippen molar-refractivity contribution in [3.63, 3.8) is 0 Å². The summed E-state index contributed by atoms with van der Waals surface area (Å²) in [5.41, 5.74) is 0. The third kappa shape index (κ3) is 2.44. The van der Waals surface area contributed by atoms with E-state index in [0.29, 0.717) is 5.92 Å². The fourth-order valence-corrected chi connectivity index (χ4v) is 2.76. The van der Waals surface area contributed by atoms with Gasteiger partial charge in [0, 0.05) is 5.92 Å². The molecular weight excluding hydrogens is 206 g/mol. The summed E-state index contributed by atoms with van der Waals surface area (Å²) in [7, 11) is -3.67. The van der Waals surface area contributed by atoms with Gasteiger partial charge in [-0.15, -0.1) is 0 Å².